The molecule has 1 aromatic carbocycles. The number of hydrogen-bond donors (Lipinski definition) is 1. The van der Waals surface area contributed by atoms with Gasteiger partial charge >= 0.3 is 0 Å². The highest BCUT2D eigenvalue weighted by Gasteiger charge is 2.31. The van der Waals surface area contributed by atoms with Crippen molar-refractivity contribution >= 4 is 5.91 Å². The number of amides is 1. The topological polar surface area (TPSA) is 67.3 Å². The summed E-state index contributed by atoms with van der Waals surface area (Å²) in [6.07, 6.45) is 5.70. The van der Waals surface area contributed by atoms with Crippen LogP contribution in [0.25, 0.3) is 0 Å². The molecule has 1 aliphatic rings. The fraction of sp³-hybridized carbons (Fsp3) is 0.370. The Bertz CT molecular complexity index is 1030. The predicted molar refractivity (Wildman–Crippen MR) is 129 cm³/mol. The Labute approximate surface area is 196 Å². The van der Waals surface area contributed by atoms with E-state index in [0.717, 1.165) is 43.9 Å². The number of piperidine rings is 1. The second-order valence-corrected chi connectivity index (χ2v) is 8.87. The third-order valence-electron chi connectivity index (χ3n) is 5.88. The van der Waals surface area contributed by atoms with Crippen molar-refractivity contribution in [3.63, 3.8) is 0 Å². The largest absolute Gasteiger partial charge is 0.491 e. The van der Waals surface area contributed by atoms with E-state index in [9.17, 15) is 4.79 Å². The molecule has 1 saturated heterocycles. The van der Waals surface area contributed by atoms with E-state index in [0.29, 0.717) is 5.69 Å². The summed E-state index contributed by atoms with van der Waals surface area (Å²) in [4.78, 5) is 24.2. The minimum absolute atomic E-state index is 0.154. The number of likely N-dealkylation sites (tertiary alicyclic amines) is 1. The molecule has 0 radical (unpaired) electrons. The number of carbonyl (C=O) groups is 1. The van der Waals surface area contributed by atoms with E-state index in [2.05, 4.69) is 38.4 Å². The van der Waals surface area contributed by atoms with Crippen LogP contribution in [0.3, 0.4) is 0 Å². The molecule has 33 heavy (non-hydrogen) atoms. The number of pyridine rings is 2. The monoisotopic (exact) mass is 444 g/mol. The van der Waals surface area contributed by atoms with Crippen LogP contribution in [0.5, 0.6) is 5.75 Å². The van der Waals surface area contributed by atoms with E-state index >= 15 is 0 Å². The summed E-state index contributed by atoms with van der Waals surface area (Å²) in [5, 5.41) is 3.22. The van der Waals surface area contributed by atoms with Crippen LogP contribution in [0.4, 0.5) is 0 Å². The van der Waals surface area contributed by atoms with Gasteiger partial charge in [0.15, 0.2) is 0 Å². The van der Waals surface area contributed by atoms with Crippen LogP contribution in [0.15, 0.2) is 73.1 Å². The lowest BCUT2D eigenvalue weighted by atomic mass is 9.88. The number of carbonyl (C=O) groups excluding carboxylic acids is 1. The lowest BCUT2D eigenvalue weighted by molar-refractivity contribution is 0.0870. The molecule has 2 atom stereocenters. The lowest BCUT2D eigenvalue weighted by Crippen LogP contribution is -2.43. The zero-order chi connectivity index (χ0) is 23.0. The smallest absolute Gasteiger partial charge is 0.270 e. The van der Waals surface area contributed by atoms with Crippen molar-refractivity contribution in [2.75, 3.05) is 13.1 Å². The fourth-order valence-corrected chi connectivity index (χ4v) is 4.46. The summed E-state index contributed by atoms with van der Waals surface area (Å²) < 4.78 is 5.87. The predicted octanol–water partition coefficient (Wildman–Crippen LogP) is 4.65. The first kappa shape index (κ1) is 22.9. The number of nitrogens with one attached hydrogen (secondary N) is 1. The SMILES string of the molecule is CC(C)Oc1cccc(CN2CCC[C@@H]([C@@H](NC(=O)c3ccccn3)c3ccccn3)C2)c1. The molecule has 0 spiro atoms. The quantitative estimate of drug-likeness (QED) is 0.548. The summed E-state index contributed by atoms with van der Waals surface area (Å²) in [6, 6.07) is 19.4. The molecule has 1 fully saturated rings. The average molecular weight is 445 g/mol. The second kappa shape index (κ2) is 11.1. The van der Waals surface area contributed by atoms with Crippen LogP contribution in [0.2, 0.25) is 0 Å². The van der Waals surface area contributed by atoms with Gasteiger partial charge in [-0.25, -0.2) is 0 Å². The maximum absolute atomic E-state index is 12.9. The lowest BCUT2D eigenvalue weighted by Gasteiger charge is -2.37. The molecule has 172 valence electrons. The summed E-state index contributed by atoms with van der Waals surface area (Å²) >= 11 is 0. The van der Waals surface area contributed by atoms with E-state index in [1.165, 1.54) is 5.56 Å². The average Bonchev–Trinajstić information content (AvgIpc) is 2.83. The molecule has 3 heterocycles. The number of benzene rings is 1. The molecule has 1 aliphatic heterocycles. The van der Waals surface area contributed by atoms with Crippen molar-refractivity contribution < 1.29 is 9.53 Å². The van der Waals surface area contributed by atoms with Gasteiger partial charge in [0.2, 0.25) is 0 Å². The van der Waals surface area contributed by atoms with Gasteiger partial charge in [0, 0.05) is 25.5 Å². The van der Waals surface area contributed by atoms with E-state index in [1.807, 2.05) is 50.2 Å². The standard InChI is InChI=1S/C27H32N4O2/c1-20(2)33-23-11-7-9-21(17-23)18-31-16-8-10-22(19-31)26(24-12-3-5-14-28-24)30-27(32)25-13-4-6-15-29-25/h3-7,9,11-15,17,20,22,26H,8,10,16,18-19H2,1-2H3,(H,30,32)/t22-,26-/m1/s1. The van der Waals surface area contributed by atoms with Gasteiger partial charge in [0.25, 0.3) is 5.91 Å². The first-order valence-electron chi connectivity index (χ1n) is 11.7. The summed E-state index contributed by atoms with van der Waals surface area (Å²) in [7, 11) is 0. The van der Waals surface area contributed by atoms with Crippen molar-refractivity contribution in [2.45, 2.75) is 45.4 Å². The van der Waals surface area contributed by atoms with Gasteiger partial charge in [-0.3, -0.25) is 19.7 Å². The van der Waals surface area contributed by atoms with Crippen LogP contribution in [0.1, 0.15) is 54.5 Å². The highest BCUT2D eigenvalue weighted by molar-refractivity contribution is 5.92. The normalized spacial score (nSPS) is 17.5. The van der Waals surface area contributed by atoms with Crippen LogP contribution >= 0.6 is 0 Å². The van der Waals surface area contributed by atoms with Crippen molar-refractivity contribution in [2.24, 2.45) is 5.92 Å². The summed E-state index contributed by atoms with van der Waals surface area (Å²) in [6.45, 7) is 6.86. The Morgan fingerprint density at radius 2 is 1.91 bits per heavy atom. The number of hydrogen-bond acceptors (Lipinski definition) is 5. The Balaban J connectivity index is 1.49. The molecule has 4 rings (SSSR count). The van der Waals surface area contributed by atoms with Gasteiger partial charge in [0.1, 0.15) is 11.4 Å². The zero-order valence-electron chi connectivity index (χ0n) is 19.4. The van der Waals surface area contributed by atoms with E-state index in [4.69, 9.17) is 4.74 Å². The van der Waals surface area contributed by atoms with Crippen molar-refractivity contribution in [3.8, 4) is 5.75 Å². The van der Waals surface area contributed by atoms with Crippen molar-refractivity contribution in [3.05, 3.63) is 90.0 Å². The number of ether oxygens (including phenoxy) is 1. The van der Waals surface area contributed by atoms with Gasteiger partial charge in [-0.2, -0.15) is 0 Å². The highest BCUT2D eigenvalue weighted by atomic mass is 16.5. The third kappa shape index (κ3) is 6.39. The number of nitrogens with zero attached hydrogens (tertiary/aromatic N) is 3. The number of rotatable bonds is 8. The van der Waals surface area contributed by atoms with E-state index in [-0.39, 0.29) is 24.0 Å². The van der Waals surface area contributed by atoms with Crippen molar-refractivity contribution in [1.82, 2.24) is 20.2 Å². The fourth-order valence-electron chi connectivity index (χ4n) is 4.46. The van der Waals surface area contributed by atoms with Crippen LogP contribution in [0, 0.1) is 5.92 Å². The zero-order valence-corrected chi connectivity index (χ0v) is 19.4. The van der Waals surface area contributed by atoms with E-state index < -0.39 is 0 Å². The molecule has 1 amide bonds. The highest BCUT2D eigenvalue weighted by Crippen LogP contribution is 2.30. The number of aromatic nitrogens is 2. The van der Waals surface area contributed by atoms with Crippen LogP contribution in [-0.2, 0) is 6.54 Å². The molecule has 2 aromatic heterocycles. The van der Waals surface area contributed by atoms with E-state index in [1.54, 1.807) is 18.5 Å². The molecular formula is C27H32N4O2. The first-order valence-corrected chi connectivity index (χ1v) is 11.7. The Kier molecular flexibility index (Phi) is 7.68. The van der Waals surface area contributed by atoms with Crippen LogP contribution < -0.4 is 10.1 Å². The maximum Gasteiger partial charge on any atom is 0.270 e. The minimum Gasteiger partial charge on any atom is -0.491 e. The minimum atomic E-state index is -0.167. The van der Waals surface area contributed by atoms with Gasteiger partial charge in [-0.05, 0) is 81.1 Å². The Morgan fingerprint density at radius 3 is 2.64 bits per heavy atom. The van der Waals surface area contributed by atoms with Gasteiger partial charge in [-0.15, -0.1) is 0 Å². The maximum atomic E-state index is 12.9. The van der Waals surface area contributed by atoms with Gasteiger partial charge < -0.3 is 10.1 Å². The molecule has 1 N–H and O–H groups in total. The molecule has 6 nitrogen and oxygen atoms in total. The molecule has 6 heteroatoms. The van der Waals surface area contributed by atoms with Gasteiger partial charge in [-0.1, -0.05) is 24.3 Å². The van der Waals surface area contributed by atoms with Gasteiger partial charge in [0.05, 0.1) is 17.8 Å². The molecule has 0 saturated carbocycles. The molecule has 0 aliphatic carbocycles. The Hall–Kier alpha value is -3.25. The van der Waals surface area contributed by atoms with Crippen LogP contribution in [-0.4, -0.2) is 40.0 Å². The first-order chi connectivity index (χ1) is 16.1. The van der Waals surface area contributed by atoms with Crippen molar-refractivity contribution in [1.29, 1.82) is 0 Å². The molecule has 0 bridgehead atoms. The second-order valence-electron chi connectivity index (χ2n) is 8.87. The molecular weight excluding hydrogens is 412 g/mol. The molecule has 0 unspecified atom stereocenters. The molecule has 3 aromatic rings. The third-order valence-corrected chi connectivity index (χ3v) is 5.88. The summed E-state index contributed by atoms with van der Waals surface area (Å²) in [5.41, 5.74) is 2.55. The summed E-state index contributed by atoms with van der Waals surface area (Å²) in [5.74, 6) is 1.00. The Morgan fingerprint density at radius 1 is 1.09 bits per heavy atom.